The molecule has 0 saturated carbocycles. The van der Waals surface area contributed by atoms with Gasteiger partial charge in [-0.25, -0.2) is 4.79 Å². The van der Waals surface area contributed by atoms with E-state index in [4.69, 9.17) is 10.4 Å². The summed E-state index contributed by atoms with van der Waals surface area (Å²) in [6, 6.07) is 12.4. The van der Waals surface area contributed by atoms with Gasteiger partial charge in [-0.05, 0) is 18.2 Å². The van der Waals surface area contributed by atoms with Gasteiger partial charge in [0.15, 0.2) is 0 Å². The molecular formula is C15H15AsBrNO7. The zero-order chi connectivity index (χ0) is 19.0. The SMILES string of the molecule is CC(=O)Nc1ccccc1[As](=O)(O)OO.O=C(O)c1cccc(Br)c1. The van der Waals surface area contributed by atoms with Crippen molar-refractivity contribution < 1.29 is 31.7 Å². The number of hydrogen-bond acceptors (Lipinski definition) is 5. The second-order valence-electron chi connectivity index (χ2n) is 4.62. The molecule has 0 fully saturated rings. The third-order valence-electron chi connectivity index (χ3n) is 2.70. The fourth-order valence-corrected chi connectivity index (χ4v) is 3.75. The zero-order valence-electron chi connectivity index (χ0n) is 12.9. The number of carboxylic acids is 1. The average molecular weight is 476 g/mol. The second kappa shape index (κ2) is 9.55. The number of carbonyl (C=O) groups is 2. The van der Waals surface area contributed by atoms with E-state index in [0.717, 1.165) is 4.47 Å². The Labute approximate surface area is 154 Å². The van der Waals surface area contributed by atoms with Gasteiger partial charge in [-0.1, -0.05) is 22.0 Å². The molecule has 0 aliphatic carbocycles. The van der Waals surface area contributed by atoms with Crippen LogP contribution in [-0.2, 0) is 12.4 Å². The Hall–Kier alpha value is -1.90. The van der Waals surface area contributed by atoms with E-state index in [1.807, 2.05) is 0 Å². The van der Waals surface area contributed by atoms with Gasteiger partial charge in [0, 0.05) is 4.47 Å². The van der Waals surface area contributed by atoms with Crippen molar-refractivity contribution >= 4 is 52.0 Å². The summed E-state index contributed by atoms with van der Waals surface area (Å²) in [7, 11) is 0. The van der Waals surface area contributed by atoms with Crippen LogP contribution in [0.25, 0.3) is 0 Å². The molecule has 0 aliphatic rings. The molecule has 8 nitrogen and oxygen atoms in total. The third kappa shape index (κ3) is 6.85. The summed E-state index contributed by atoms with van der Waals surface area (Å²) in [5.74, 6) is -1.28. The first-order chi connectivity index (χ1) is 11.7. The minimum absolute atomic E-state index is 0.103. The largest absolute Gasteiger partial charge is 0.478 e. The Morgan fingerprint density at radius 2 is 1.80 bits per heavy atom. The molecule has 2 aromatic carbocycles. The summed E-state index contributed by atoms with van der Waals surface area (Å²) >= 11 is -1.76. The van der Waals surface area contributed by atoms with Gasteiger partial charge < -0.3 is 5.11 Å². The van der Waals surface area contributed by atoms with E-state index in [0.29, 0.717) is 5.56 Å². The van der Waals surface area contributed by atoms with Gasteiger partial charge in [-0.15, -0.1) is 0 Å². The fraction of sp³-hybridized carbons (Fsp3) is 0.0667. The standard InChI is InChI=1S/C8H10AsNO5.C7H5BrO2/c1-6(11)10-8-5-3-2-4-7(8)9(12,13)15-14;8-6-3-1-2-5(4-6)7(9)10/h2-5,14H,1H3,(H,10,11)(H,12,13);1-4H,(H,9,10). The number of amides is 1. The summed E-state index contributed by atoms with van der Waals surface area (Å²) in [5.41, 5.74) is 0.457. The predicted octanol–water partition coefficient (Wildman–Crippen LogP) is 1.85. The first-order valence-electron chi connectivity index (χ1n) is 6.69. The van der Waals surface area contributed by atoms with Crippen LogP contribution in [0.1, 0.15) is 17.3 Å². The summed E-state index contributed by atoms with van der Waals surface area (Å²) in [4.78, 5) is 21.1. The van der Waals surface area contributed by atoms with Crippen molar-refractivity contribution in [3.05, 3.63) is 58.6 Å². The number of halogens is 1. The molecule has 134 valence electrons. The van der Waals surface area contributed by atoms with Crippen LogP contribution in [0, 0.1) is 0 Å². The van der Waals surface area contributed by atoms with Crippen LogP contribution < -0.4 is 9.67 Å². The van der Waals surface area contributed by atoms with Gasteiger partial charge >= 0.3 is 94.4 Å². The Morgan fingerprint density at radius 1 is 1.16 bits per heavy atom. The zero-order valence-corrected chi connectivity index (χ0v) is 16.4. The number of carboxylic acid groups (broad SMARTS) is 1. The number of rotatable bonds is 4. The van der Waals surface area contributed by atoms with Crippen molar-refractivity contribution in [3.8, 4) is 0 Å². The number of hydrogen-bond donors (Lipinski definition) is 4. The van der Waals surface area contributed by atoms with Gasteiger partial charge in [-0.2, -0.15) is 0 Å². The second-order valence-corrected chi connectivity index (χ2v) is 9.07. The minimum Gasteiger partial charge on any atom is -0.478 e. The van der Waals surface area contributed by atoms with Crippen LogP contribution in [0.5, 0.6) is 0 Å². The summed E-state index contributed by atoms with van der Waals surface area (Å²) < 4.78 is 24.9. The molecule has 0 aromatic heterocycles. The molecule has 1 amide bonds. The Kier molecular flexibility index (Phi) is 8.07. The van der Waals surface area contributed by atoms with Crippen molar-refractivity contribution in [1.82, 2.24) is 0 Å². The molecule has 0 radical (unpaired) electrons. The smallest absolute Gasteiger partial charge is 0.335 e. The summed E-state index contributed by atoms with van der Waals surface area (Å²) in [6.45, 7) is 1.27. The maximum atomic E-state index is 11.4. The normalized spacial score (nSPS) is 12.3. The molecule has 0 saturated heterocycles. The molecule has 1 atom stereocenters. The van der Waals surface area contributed by atoms with Crippen LogP contribution >= 0.6 is 15.9 Å². The molecule has 4 N–H and O–H groups in total. The summed E-state index contributed by atoms with van der Waals surface area (Å²) in [6.07, 6.45) is 0. The number of anilines is 1. The van der Waals surface area contributed by atoms with Gasteiger partial charge in [-0.3, -0.25) is 0 Å². The van der Waals surface area contributed by atoms with E-state index in [1.54, 1.807) is 30.3 Å². The topological polar surface area (TPSA) is 133 Å². The van der Waals surface area contributed by atoms with Gasteiger partial charge in [0.05, 0.1) is 5.56 Å². The maximum Gasteiger partial charge on any atom is 0.335 e. The molecule has 0 bridgehead atoms. The quantitative estimate of drug-likeness (QED) is 0.301. The Morgan fingerprint density at radius 3 is 2.28 bits per heavy atom. The van der Waals surface area contributed by atoms with Gasteiger partial charge in [0.25, 0.3) is 0 Å². The third-order valence-corrected chi connectivity index (χ3v) is 5.75. The molecule has 0 aliphatic heterocycles. The Bertz CT molecular complexity index is 812. The number of aromatic carboxylic acids is 1. The molecule has 0 heterocycles. The van der Waals surface area contributed by atoms with E-state index in [2.05, 4.69) is 25.1 Å². The van der Waals surface area contributed by atoms with Crippen LogP contribution in [0.2, 0.25) is 0 Å². The monoisotopic (exact) mass is 475 g/mol. The number of para-hydroxylation sites is 1. The number of nitrogens with one attached hydrogen (secondary N) is 1. The first-order valence-corrected chi connectivity index (χ1v) is 10.8. The average Bonchev–Trinajstić information content (AvgIpc) is 2.55. The van der Waals surface area contributed by atoms with Gasteiger partial charge in [0.2, 0.25) is 0 Å². The van der Waals surface area contributed by atoms with E-state index in [-0.39, 0.29) is 15.9 Å². The Balaban J connectivity index is 0.000000271. The van der Waals surface area contributed by atoms with Crippen LogP contribution in [-0.4, -0.2) is 40.5 Å². The molecule has 0 spiro atoms. The minimum atomic E-state index is -4.92. The van der Waals surface area contributed by atoms with Crippen molar-refractivity contribution in [2.24, 2.45) is 0 Å². The van der Waals surface area contributed by atoms with Crippen molar-refractivity contribution in [2.75, 3.05) is 5.32 Å². The van der Waals surface area contributed by atoms with Crippen molar-refractivity contribution in [2.45, 2.75) is 6.92 Å². The van der Waals surface area contributed by atoms with Crippen LogP contribution in [0.3, 0.4) is 0 Å². The van der Waals surface area contributed by atoms with E-state index < -0.39 is 20.1 Å². The molecular weight excluding hydrogens is 461 g/mol. The maximum absolute atomic E-state index is 11.4. The van der Waals surface area contributed by atoms with Crippen LogP contribution in [0.15, 0.2) is 53.0 Å². The van der Waals surface area contributed by atoms with Gasteiger partial charge in [0.1, 0.15) is 0 Å². The van der Waals surface area contributed by atoms with Crippen LogP contribution in [0.4, 0.5) is 5.69 Å². The fourth-order valence-electron chi connectivity index (χ4n) is 1.68. The van der Waals surface area contributed by atoms with E-state index >= 15 is 0 Å². The number of benzene rings is 2. The molecule has 10 heteroatoms. The molecule has 25 heavy (non-hydrogen) atoms. The van der Waals surface area contributed by atoms with E-state index in [9.17, 15) is 17.4 Å². The van der Waals surface area contributed by atoms with Crippen molar-refractivity contribution in [3.63, 3.8) is 0 Å². The first kappa shape index (κ1) is 21.1. The number of carbonyl (C=O) groups excluding carboxylic acids is 1. The summed E-state index contributed by atoms with van der Waals surface area (Å²) in [5, 5.41) is 19.2. The molecule has 2 rings (SSSR count). The molecule has 1 unspecified atom stereocenters. The van der Waals surface area contributed by atoms with E-state index in [1.165, 1.54) is 25.1 Å². The molecule has 2 aromatic rings. The predicted molar refractivity (Wildman–Crippen MR) is 93.9 cm³/mol. The van der Waals surface area contributed by atoms with Crippen molar-refractivity contribution in [1.29, 1.82) is 0 Å².